The number of nitrogens with zero attached hydrogens (tertiary/aromatic N) is 4. The van der Waals surface area contributed by atoms with Crippen LogP contribution in [-0.4, -0.2) is 38.8 Å². The standard InChI is InChI=1S/C21H24N6O/c1-3-9-27-13-16-18(20(27)28)25-21(22-4-2)26-19(16)24-12-14-10-15-7-5-6-8-17(15)23-11-14/h5-8,10-11H,3-4,9,12-13H2,1-2H3,(H2,22,24,25,26). The van der Waals surface area contributed by atoms with Gasteiger partial charge in [0.05, 0.1) is 12.1 Å². The number of anilines is 2. The smallest absolute Gasteiger partial charge is 0.273 e. The van der Waals surface area contributed by atoms with Crippen LogP contribution in [0.2, 0.25) is 0 Å². The molecular weight excluding hydrogens is 352 g/mol. The Hall–Kier alpha value is -3.22. The Labute approximate surface area is 164 Å². The number of benzene rings is 1. The lowest BCUT2D eigenvalue weighted by Gasteiger charge is -2.13. The summed E-state index contributed by atoms with van der Waals surface area (Å²) in [5.41, 5.74) is 3.41. The number of pyridine rings is 1. The van der Waals surface area contributed by atoms with Crippen molar-refractivity contribution in [3.63, 3.8) is 0 Å². The second-order valence-corrected chi connectivity index (χ2v) is 6.87. The molecule has 1 amide bonds. The van der Waals surface area contributed by atoms with Crippen LogP contribution in [0.25, 0.3) is 10.9 Å². The molecule has 28 heavy (non-hydrogen) atoms. The summed E-state index contributed by atoms with van der Waals surface area (Å²) in [5.74, 6) is 1.17. The number of amides is 1. The van der Waals surface area contributed by atoms with Crippen molar-refractivity contribution >= 4 is 28.6 Å². The summed E-state index contributed by atoms with van der Waals surface area (Å²) in [7, 11) is 0. The number of para-hydroxylation sites is 1. The van der Waals surface area contributed by atoms with E-state index in [-0.39, 0.29) is 5.91 Å². The number of carbonyl (C=O) groups is 1. The first-order chi connectivity index (χ1) is 13.7. The lowest BCUT2D eigenvalue weighted by molar-refractivity contribution is 0.0774. The third-order valence-electron chi connectivity index (χ3n) is 4.78. The molecular formula is C21H24N6O. The van der Waals surface area contributed by atoms with E-state index in [0.29, 0.717) is 37.1 Å². The molecule has 0 unspecified atom stereocenters. The molecule has 0 atom stereocenters. The Morgan fingerprint density at radius 3 is 2.82 bits per heavy atom. The van der Waals surface area contributed by atoms with Gasteiger partial charge in [0.2, 0.25) is 5.95 Å². The van der Waals surface area contributed by atoms with Gasteiger partial charge < -0.3 is 15.5 Å². The van der Waals surface area contributed by atoms with Crippen LogP contribution in [0.1, 0.15) is 41.9 Å². The number of rotatable bonds is 7. The number of hydrogen-bond acceptors (Lipinski definition) is 6. The molecule has 0 saturated carbocycles. The Bertz CT molecular complexity index is 1020. The third kappa shape index (κ3) is 3.47. The molecule has 3 aromatic rings. The zero-order valence-electron chi connectivity index (χ0n) is 16.2. The van der Waals surface area contributed by atoms with E-state index in [1.54, 1.807) is 0 Å². The van der Waals surface area contributed by atoms with Crippen LogP contribution in [0.5, 0.6) is 0 Å². The molecule has 1 aliphatic rings. The lowest BCUT2D eigenvalue weighted by Crippen LogP contribution is -2.24. The minimum atomic E-state index is -0.0196. The lowest BCUT2D eigenvalue weighted by atomic mass is 10.1. The molecule has 4 rings (SSSR count). The summed E-state index contributed by atoms with van der Waals surface area (Å²) in [5, 5.41) is 7.62. The van der Waals surface area contributed by atoms with Gasteiger partial charge in [-0.2, -0.15) is 4.98 Å². The van der Waals surface area contributed by atoms with Gasteiger partial charge in [0.25, 0.3) is 5.91 Å². The summed E-state index contributed by atoms with van der Waals surface area (Å²) >= 11 is 0. The largest absolute Gasteiger partial charge is 0.365 e. The number of hydrogen-bond donors (Lipinski definition) is 2. The zero-order valence-corrected chi connectivity index (χ0v) is 16.2. The summed E-state index contributed by atoms with van der Waals surface area (Å²) in [6, 6.07) is 10.2. The van der Waals surface area contributed by atoms with Crippen molar-refractivity contribution in [2.24, 2.45) is 0 Å². The third-order valence-corrected chi connectivity index (χ3v) is 4.78. The Morgan fingerprint density at radius 1 is 1.14 bits per heavy atom. The average molecular weight is 376 g/mol. The molecule has 0 aliphatic carbocycles. The van der Waals surface area contributed by atoms with Crippen molar-refractivity contribution < 1.29 is 4.79 Å². The fraction of sp³-hybridized carbons (Fsp3) is 0.333. The van der Waals surface area contributed by atoms with Crippen LogP contribution < -0.4 is 10.6 Å². The van der Waals surface area contributed by atoms with E-state index in [1.807, 2.05) is 36.2 Å². The number of carbonyl (C=O) groups excluding carboxylic acids is 1. The highest BCUT2D eigenvalue weighted by Crippen LogP contribution is 2.28. The highest BCUT2D eigenvalue weighted by atomic mass is 16.2. The van der Waals surface area contributed by atoms with Gasteiger partial charge in [0.1, 0.15) is 11.5 Å². The van der Waals surface area contributed by atoms with Crippen LogP contribution in [0, 0.1) is 0 Å². The predicted octanol–water partition coefficient (Wildman–Crippen LogP) is 3.43. The normalized spacial score (nSPS) is 13.1. The SMILES string of the molecule is CCCN1Cc2c(NCc3cnc4ccccc4c3)nc(NCC)nc2C1=O. The number of fused-ring (bicyclic) bond motifs is 2. The second-order valence-electron chi connectivity index (χ2n) is 6.87. The molecule has 1 aliphatic heterocycles. The molecule has 7 nitrogen and oxygen atoms in total. The summed E-state index contributed by atoms with van der Waals surface area (Å²) in [6.07, 6.45) is 2.79. The van der Waals surface area contributed by atoms with Gasteiger partial charge in [-0.05, 0) is 31.0 Å². The van der Waals surface area contributed by atoms with Gasteiger partial charge >= 0.3 is 0 Å². The van der Waals surface area contributed by atoms with Crippen LogP contribution in [0.15, 0.2) is 36.5 Å². The van der Waals surface area contributed by atoms with Crippen molar-refractivity contribution in [2.45, 2.75) is 33.4 Å². The fourth-order valence-electron chi connectivity index (χ4n) is 3.46. The first-order valence-electron chi connectivity index (χ1n) is 9.71. The maximum Gasteiger partial charge on any atom is 0.273 e. The van der Waals surface area contributed by atoms with E-state index in [1.165, 1.54) is 0 Å². The van der Waals surface area contributed by atoms with Crippen molar-refractivity contribution in [3.05, 3.63) is 53.3 Å². The molecule has 7 heteroatoms. The van der Waals surface area contributed by atoms with Crippen LogP contribution in [0.3, 0.4) is 0 Å². The Balaban J connectivity index is 1.61. The first-order valence-corrected chi connectivity index (χ1v) is 9.71. The quantitative estimate of drug-likeness (QED) is 0.657. The zero-order chi connectivity index (χ0) is 19.5. The Morgan fingerprint density at radius 2 is 2.00 bits per heavy atom. The topological polar surface area (TPSA) is 83.0 Å². The summed E-state index contributed by atoms with van der Waals surface area (Å²) in [6.45, 7) is 6.59. The van der Waals surface area contributed by atoms with E-state index in [4.69, 9.17) is 0 Å². The highest BCUT2D eigenvalue weighted by Gasteiger charge is 2.32. The van der Waals surface area contributed by atoms with E-state index >= 15 is 0 Å². The van der Waals surface area contributed by atoms with E-state index in [9.17, 15) is 4.79 Å². The van der Waals surface area contributed by atoms with Gasteiger partial charge in [-0.1, -0.05) is 25.1 Å². The Kier molecular flexibility index (Phi) is 5.06. The molecule has 0 fully saturated rings. The minimum absolute atomic E-state index is 0.0196. The van der Waals surface area contributed by atoms with Crippen molar-refractivity contribution in [3.8, 4) is 0 Å². The molecule has 2 aromatic heterocycles. The van der Waals surface area contributed by atoms with Gasteiger partial charge in [-0.25, -0.2) is 4.98 Å². The molecule has 3 heterocycles. The van der Waals surface area contributed by atoms with Crippen LogP contribution >= 0.6 is 0 Å². The molecule has 0 spiro atoms. The van der Waals surface area contributed by atoms with Crippen molar-refractivity contribution in [2.75, 3.05) is 23.7 Å². The summed E-state index contributed by atoms with van der Waals surface area (Å²) in [4.78, 5) is 28.1. The summed E-state index contributed by atoms with van der Waals surface area (Å²) < 4.78 is 0. The number of aromatic nitrogens is 3. The first kappa shape index (κ1) is 18.2. The van der Waals surface area contributed by atoms with Crippen LogP contribution in [0.4, 0.5) is 11.8 Å². The minimum Gasteiger partial charge on any atom is -0.365 e. The molecule has 0 bridgehead atoms. The van der Waals surface area contributed by atoms with Crippen molar-refractivity contribution in [1.29, 1.82) is 0 Å². The van der Waals surface area contributed by atoms with E-state index in [0.717, 1.165) is 35.0 Å². The van der Waals surface area contributed by atoms with Gasteiger partial charge in [-0.3, -0.25) is 9.78 Å². The maximum atomic E-state index is 12.7. The van der Waals surface area contributed by atoms with Gasteiger partial charge in [0.15, 0.2) is 0 Å². The van der Waals surface area contributed by atoms with E-state index in [2.05, 4.69) is 44.6 Å². The molecule has 144 valence electrons. The van der Waals surface area contributed by atoms with E-state index < -0.39 is 0 Å². The molecule has 2 N–H and O–H groups in total. The fourth-order valence-corrected chi connectivity index (χ4v) is 3.46. The highest BCUT2D eigenvalue weighted by molar-refractivity contribution is 5.98. The van der Waals surface area contributed by atoms with Crippen LogP contribution in [-0.2, 0) is 13.1 Å². The maximum absolute atomic E-state index is 12.7. The van der Waals surface area contributed by atoms with Crippen molar-refractivity contribution in [1.82, 2.24) is 19.9 Å². The molecule has 1 aromatic carbocycles. The van der Waals surface area contributed by atoms with Gasteiger partial charge in [-0.15, -0.1) is 0 Å². The monoisotopic (exact) mass is 376 g/mol. The average Bonchev–Trinajstić information content (AvgIpc) is 3.02. The molecule has 0 saturated heterocycles. The van der Waals surface area contributed by atoms with Gasteiger partial charge in [0, 0.05) is 36.8 Å². The second kappa shape index (κ2) is 7.80. The predicted molar refractivity (Wildman–Crippen MR) is 110 cm³/mol. The molecule has 0 radical (unpaired) electrons. The number of nitrogens with one attached hydrogen (secondary N) is 2.